The summed E-state index contributed by atoms with van der Waals surface area (Å²) >= 11 is 0. The molecule has 0 aliphatic carbocycles. The minimum absolute atomic E-state index is 0.0421. The number of pyridine rings is 1. The minimum Gasteiger partial charge on any atom is -0.507 e. The summed E-state index contributed by atoms with van der Waals surface area (Å²) in [5.74, 6) is -0.963. The third kappa shape index (κ3) is 4.97. The Hall–Kier alpha value is -3.49. The Balaban J connectivity index is 1.66. The van der Waals surface area contributed by atoms with Crippen LogP contribution in [-0.4, -0.2) is 77.6 Å². The Morgan fingerprint density at radius 2 is 1.91 bits per heavy atom. The smallest absolute Gasteiger partial charge is 0.295 e. The molecule has 3 heterocycles. The summed E-state index contributed by atoms with van der Waals surface area (Å²) in [5.41, 5.74) is 1.000. The van der Waals surface area contributed by atoms with E-state index >= 15 is 0 Å². The van der Waals surface area contributed by atoms with Crippen LogP contribution in [0, 0.1) is 0 Å². The van der Waals surface area contributed by atoms with Crippen LogP contribution in [-0.2, 0) is 14.3 Å². The van der Waals surface area contributed by atoms with Gasteiger partial charge in [-0.2, -0.15) is 0 Å². The van der Waals surface area contributed by atoms with Crippen molar-refractivity contribution in [3.8, 4) is 5.75 Å². The first-order chi connectivity index (χ1) is 16.1. The second-order valence-electron chi connectivity index (χ2n) is 7.83. The van der Waals surface area contributed by atoms with Crippen molar-refractivity contribution in [1.82, 2.24) is 14.8 Å². The summed E-state index contributed by atoms with van der Waals surface area (Å²) in [6.07, 6.45) is 3.25. The predicted octanol–water partition coefficient (Wildman–Crippen LogP) is 2.40. The number of ether oxygens (including phenoxy) is 2. The summed E-state index contributed by atoms with van der Waals surface area (Å²) in [6.45, 7) is 7.78. The highest BCUT2D eigenvalue weighted by molar-refractivity contribution is 6.46. The van der Waals surface area contributed by atoms with Crippen molar-refractivity contribution in [2.45, 2.75) is 6.04 Å². The molecule has 0 unspecified atom stereocenters. The zero-order chi connectivity index (χ0) is 23.2. The highest BCUT2D eigenvalue weighted by atomic mass is 16.5. The highest BCUT2D eigenvalue weighted by Crippen LogP contribution is 2.38. The average Bonchev–Trinajstić information content (AvgIpc) is 3.12. The number of Topliss-reactive ketones (excluding diaryl/α,β-unsaturated/α-hetero) is 1. The van der Waals surface area contributed by atoms with Crippen LogP contribution < -0.4 is 4.74 Å². The van der Waals surface area contributed by atoms with E-state index in [4.69, 9.17) is 9.47 Å². The molecule has 4 rings (SSSR count). The number of nitrogens with zero attached hydrogens (tertiary/aromatic N) is 3. The number of morpholine rings is 1. The number of benzene rings is 1. The predicted molar refractivity (Wildman–Crippen MR) is 123 cm³/mol. The molecule has 0 bridgehead atoms. The molecule has 0 radical (unpaired) electrons. The third-order valence-electron chi connectivity index (χ3n) is 5.76. The maximum absolute atomic E-state index is 13.1. The summed E-state index contributed by atoms with van der Waals surface area (Å²) in [6, 6.07) is 11.3. The number of aromatic nitrogens is 1. The van der Waals surface area contributed by atoms with Crippen LogP contribution in [0.2, 0.25) is 0 Å². The van der Waals surface area contributed by atoms with Crippen LogP contribution in [0.15, 0.2) is 66.9 Å². The Morgan fingerprint density at radius 3 is 2.58 bits per heavy atom. The monoisotopic (exact) mass is 449 g/mol. The van der Waals surface area contributed by atoms with E-state index in [0.717, 1.165) is 13.1 Å². The first kappa shape index (κ1) is 22.7. The lowest BCUT2D eigenvalue weighted by Crippen LogP contribution is -2.42. The molecule has 2 aromatic rings. The fourth-order valence-electron chi connectivity index (χ4n) is 4.05. The van der Waals surface area contributed by atoms with E-state index in [1.165, 1.54) is 4.90 Å². The molecule has 1 aromatic heterocycles. The number of rotatable bonds is 8. The zero-order valence-corrected chi connectivity index (χ0v) is 18.4. The standard InChI is InChI=1S/C25H27N3O5/c1-2-15-33-19-8-6-18(7-9-19)23(29)21-22(20-5-3-4-10-26-20)28(25(31)24(21)30)12-11-27-13-16-32-17-14-27/h2-10,22,29H,1,11-17H2/b23-21+/t22-/m1/s1. The van der Waals surface area contributed by atoms with Crippen LogP contribution >= 0.6 is 0 Å². The van der Waals surface area contributed by atoms with Gasteiger partial charge < -0.3 is 19.5 Å². The van der Waals surface area contributed by atoms with Crippen molar-refractivity contribution in [3.63, 3.8) is 0 Å². The number of carbonyl (C=O) groups is 2. The van der Waals surface area contributed by atoms with Gasteiger partial charge in [-0.15, -0.1) is 0 Å². The normalized spacial score (nSPS) is 20.7. The van der Waals surface area contributed by atoms with Gasteiger partial charge in [0.15, 0.2) is 0 Å². The van der Waals surface area contributed by atoms with E-state index in [2.05, 4.69) is 16.5 Å². The molecule has 1 atom stereocenters. The lowest BCUT2D eigenvalue weighted by molar-refractivity contribution is -0.140. The van der Waals surface area contributed by atoms with Gasteiger partial charge in [-0.3, -0.25) is 19.5 Å². The quantitative estimate of drug-likeness (QED) is 0.286. The second-order valence-corrected chi connectivity index (χ2v) is 7.83. The van der Waals surface area contributed by atoms with Crippen molar-refractivity contribution >= 4 is 17.4 Å². The molecule has 1 N–H and O–H groups in total. The molecular weight excluding hydrogens is 422 g/mol. The number of hydrogen-bond acceptors (Lipinski definition) is 7. The van der Waals surface area contributed by atoms with Crippen molar-refractivity contribution in [2.24, 2.45) is 0 Å². The molecule has 1 amide bonds. The van der Waals surface area contributed by atoms with Gasteiger partial charge >= 0.3 is 0 Å². The Kier molecular flexibility index (Phi) is 7.16. The van der Waals surface area contributed by atoms with Crippen LogP contribution in [0.5, 0.6) is 5.75 Å². The van der Waals surface area contributed by atoms with Gasteiger partial charge in [0.05, 0.1) is 24.5 Å². The lowest BCUT2D eigenvalue weighted by Gasteiger charge is -2.30. The molecule has 2 aliphatic heterocycles. The fraction of sp³-hybridized carbons (Fsp3) is 0.320. The molecule has 0 saturated carbocycles. The summed E-state index contributed by atoms with van der Waals surface area (Å²) < 4.78 is 10.9. The number of hydrogen-bond donors (Lipinski definition) is 1. The van der Waals surface area contributed by atoms with E-state index in [-0.39, 0.29) is 11.3 Å². The summed E-state index contributed by atoms with van der Waals surface area (Å²) in [5, 5.41) is 11.1. The van der Waals surface area contributed by atoms with Crippen LogP contribution in [0.1, 0.15) is 17.3 Å². The third-order valence-corrected chi connectivity index (χ3v) is 5.76. The maximum atomic E-state index is 13.1. The van der Waals surface area contributed by atoms with Gasteiger partial charge in [0, 0.05) is 37.9 Å². The number of aliphatic hydroxyl groups excluding tert-OH is 1. The van der Waals surface area contributed by atoms with Crippen LogP contribution in [0.25, 0.3) is 5.76 Å². The number of likely N-dealkylation sites (tertiary alicyclic amines) is 1. The Bertz CT molecular complexity index is 1030. The van der Waals surface area contributed by atoms with Crippen LogP contribution in [0.3, 0.4) is 0 Å². The van der Waals surface area contributed by atoms with Gasteiger partial charge in [-0.05, 0) is 36.4 Å². The largest absolute Gasteiger partial charge is 0.507 e. The molecule has 2 fully saturated rings. The molecule has 2 saturated heterocycles. The molecule has 8 nitrogen and oxygen atoms in total. The highest BCUT2D eigenvalue weighted by Gasteiger charge is 2.46. The van der Waals surface area contributed by atoms with Gasteiger partial charge in [0.1, 0.15) is 24.2 Å². The maximum Gasteiger partial charge on any atom is 0.295 e. The molecule has 0 spiro atoms. The van der Waals surface area contributed by atoms with Gasteiger partial charge in [-0.1, -0.05) is 18.7 Å². The molecule has 172 valence electrons. The number of aliphatic hydroxyl groups is 1. The topological polar surface area (TPSA) is 92.2 Å². The van der Waals surface area contributed by atoms with E-state index in [1.807, 2.05) is 0 Å². The van der Waals surface area contributed by atoms with Gasteiger partial charge in [0.25, 0.3) is 11.7 Å². The number of ketones is 1. The zero-order valence-electron chi connectivity index (χ0n) is 18.4. The number of carbonyl (C=O) groups excluding carboxylic acids is 2. The number of amides is 1. The molecule has 2 aliphatic rings. The summed E-state index contributed by atoms with van der Waals surface area (Å²) in [4.78, 5) is 34.2. The van der Waals surface area contributed by atoms with Crippen molar-refractivity contribution in [2.75, 3.05) is 46.0 Å². The van der Waals surface area contributed by atoms with E-state index in [9.17, 15) is 14.7 Å². The SMILES string of the molecule is C=CCOc1ccc(/C(O)=C2\C(=O)C(=O)N(CCN3CCOCC3)[C@@H]2c2ccccn2)cc1. The van der Waals surface area contributed by atoms with Gasteiger partial charge in [-0.25, -0.2) is 0 Å². The Labute approximate surface area is 192 Å². The molecular formula is C25H27N3O5. The molecule has 33 heavy (non-hydrogen) atoms. The fourth-order valence-corrected chi connectivity index (χ4v) is 4.05. The van der Waals surface area contributed by atoms with E-state index in [1.54, 1.807) is 54.7 Å². The van der Waals surface area contributed by atoms with Crippen molar-refractivity contribution < 1.29 is 24.2 Å². The first-order valence-electron chi connectivity index (χ1n) is 10.9. The van der Waals surface area contributed by atoms with E-state index in [0.29, 0.717) is 49.9 Å². The molecule has 1 aromatic carbocycles. The van der Waals surface area contributed by atoms with Crippen LogP contribution in [0.4, 0.5) is 0 Å². The minimum atomic E-state index is -0.760. The van der Waals surface area contributed by atoms with Crippen molar-refractivity contribution in [1.29, 1.82) is 0 Å². The van der Waals surface area contributed by atoms with Gasteiger partial charge in [0.2, 0.25) is 0 Å². The second kappa shape index (κ2) is 10.4. The Morgan fingerprint density at radius 1 is 1.15 bits per heavy atom. The van der Waals surface area contributed by atoms with E-state index < -0.39 is 17.7 Å². The average molecular weight is 450 g/mol. The summed E-state index contributed by atoms with van der Waals surface area (Å²) in [7, 11) is 0. The lowest BCUT2D eigenvalue weighted by atomic mass is 9.98. The molecule has 8 heteroatoms. The van der Waals surface area contributed by atoms with Crippen molar-refractivity contribution in [3.05, 3.63) is 78.1 Å². The first-order valence-corrected chi connectivity index (χ1v) is 10.9.